The molecule has 0 radical (unpaired) electrons. The van der Waals surface area contributed by atoms with Crippen LogP contribution in [0.15, 0.2) is 30.3 Å². The number of halogens is 3. The number of benzene rings is 2. The monoisotopic (exact) mass is 435 g/mol. The summed E-state index contributed by atoms with van der Waals surface area (Å²) in [6.45, 7) is 0. The van der Waals surface area contributed by atoms with Crippen molar-refractivity contribution in [3.05, 3.63) is 50.3 Å². The van der Waals surface area contributed by atoms with E-state index in [2.05, 4.69) is 5.32 Å². The van der Waals surface area contributed by atoms with E-state index in [4.69, 9.17) is 21.1 Å². The number of methoxy groups -OCH3 is 2. The van der Waals surface area contributed by atoms with Gasteiger partial charge in [-0.15, -0.1) is 0 Å². The summed E-state index contributed by atoms with van der Waals surface area (Å²) in [7, 11) is 3.01. The van der Waals surface area contributed by atoms with Crippen LogP contribution in [0.3, 0.4) is 0 Å². The Bertz CT molecular complexity index is 724. The predicted molar refractivity (Wildman–Crippen MR) is 91.6 cm³/mol. The van der Waals surface area contributed by atoms with Crippen LogP contribution in [0.25, 0.3) is 0 Å². The fourth-order valence-electron chi connectivity index (χ4n) is 1.80. The molecule has 4 nitrogen and oxygen atoms in total. The number of ether oxygens (including phenoxy) is 2. The minimum Gasteiger partial charge on any atom is -0.493 e. The van der Waals surface area contributed by atoms with Crippen LogP contribution >= 0.6 is 34.2 Å². The zero-order chi connectivity index (χ0) is 16.3. The maximum absolute atomic E-state index is 13.1. The second kappa shape index (κ2) is 7.15. The third kappa shape index (κ3) is 3.61. The SMILES string of the molecule is COc1cc(I)c(C(=O)Nc2ccc(F)c(Cl)c2)cc1OC. The van der Waals surface area contributed by atoms with Gasteiger partial charge >= 0.3 is 0 Å². The number of anilines is 1. The van der Waals surface area contributed by atoms with Crippen molar-refractivity contribution >= 4 is 45.8 Å². The molecule has 0 aromatic heterocycles. The first-order valence-electron chi connectivity index (χ1n) is 6.14. The van der Waals surface area contributed by atoms with Gasteiger partial charge in [0.2, 0.25) is 0 Å². The van der Waals surface area contributed by atoms with Gasteiger partial charge in [-0.2, -0.15) is 0 Å². The molecule has 2 aromatic rings. The van der Waals surface area contributed by atoms with Crippen LogP contribution in [0.1, 0.15) is 10.4 Å². The summed E-state index contributed by atoms with van der Waals surface area (Å²) in [6, 6.07) is 7.26. The minimum atomic E-state index is -0.541. The lowest BCUT2D eigenvalue weighted by Gasteiger charge is -2.12. The van der Waals surface area contributed by atoms with E-state index in [9.17, 15) is 9.18 Å². The lowest BCUT2D eigenvalue weighted by Crippen LogP contribution is -2.14. The Kier molecular flexibility index (Phi) is 5.47. The maximum atomic E-state index is 13.1. The molecule has 0 fully saturated rings. The Balaban J connectivity index is 2.31. The van der Waals surface area contributed by atoms with E-state index in [1.54, 1.807) is 12.1 Å². The molecule has 2 rings (SSSR count). The molecule has 0 atom stereocenters. The van der Waals surface area contributed by atoms with Gasteiger partial charge in [-0.05, 0) is 52.9 Å². The lowest BCUT2D eigenvalue weighted by atomic mass is 10.2. The summed E-state index contributed by atoms with van der Waals surface area (Å²) in [6.07, 6.45) is 0. The van der Waals surface area contributed by atoms with Gasteiger partial charge in [0.15, 0.2) is 11.5 Å². The van der Waals surface area contributed by atoms with Gasteiger partial charge in [-0.25, -0.2) is 4.39 Å². The Labute approximate surface area is 145 Å². The van der Waals surface area contributed by atoms with E-state index >= 15 is 0 Å². The number of rotatable bonds is 4. The van der Waals surface area contributed by atoms with Crippen LogP contribution in [0.5, 0.6) is 11.5 Å². The summed E-state index contributed by atoms with van der Waals surface area (Å²) >= 11 is 7.73. The van der Waals surface area contributed by atoms with Crippen molar-refractivity contribution in [1.29, 1.82) is 0 Å². The van der Waals surface area contributed by atoms with Gasteiger partial charge in [0, 0.05) is 9.26 Å². The fourth-order valence-corrected chi connectivity index (χ4v) is 2.66. The molecule has 22 heavy (non-hydrogen) atoms. The van der Waals surface area contributed by atoms with Gasteiger partial charge in [-0.1, -0.05) is 11.6 Å². The molecule has 0 spiro atoms. The highest BCUT2D eigenvalue weighted by Gasteiger charge is 2.16. The van der Waals surface area contributed by atoms with E-state index in [-0.39, 0.29) is 10.9 Å². The molecule has 116 valence electrons. The van der Waals surface area contributed by atoms with Crippen LogP contribution in [-0.4, -0.2) is 20.1 Å². The zero-order valence-electron chi connectivity index (χ0n) is 11.7. The fraction of sp³-hybridized carbons (Fsp3) is 0.133. The zero-order valence-corrected chi connectivity index (χ0v) is 14.7. The third-order valence-electron chi connectivity index (χ3n) is 2.90. The summed E-state index contributed by atoms with van der Waals surface area (Å²) in [4.78, 5) is 12.3. The predicted octanol–water partition coefficient (Wildman–Crippen LogP) is 4.35. The molecule has 0 unspecified atom stereocenters. The van der Waals surface area contributed by atoms with Gasteiger partial charge < -0.3 is 14.8 Å². The molecule has 1 amide bonds. The Morgan fingerprint density at radius 3 is 2.41 bits per heavy atom. The molecular formula is C15H12ClFINO3. The Hall–Kier alpha value is -1.54. The van der Waals surface area contributed by atoms with Crippen LogP contribution in [0.2, 0.25) is 5.02 Å². The van der Waals surface area contributed by atoms with Gasteiger partial charge in [-0.3, -0.25) is 4.79 Å². The van der Waals surface area contributed by atoms with Crippen LogP contribution in [0, 0.1) is 9.39 Å². The number of carbonyl (C=O) groups excluding carboxylic acids is 1. The highest BCUT2D eigenvalue weighted by molar-refractivity contribution is 14.1. The van der Waals surface area contributed by atoms with Crippen molar-refractivity contribution in [2.24, 2.45) is 0 Å². The normalized spacial score (nSPS) is 10.2. The molecule has 0 bridgehead atoms. The van der Waals surface area contributed by atoms with E-state index < -0.39 is 5.82 Å². The first-order chi connectivity index (χ1) is 10.5. The average Bonchev–Trinajstić information content (AvgIpc) is 2.50. The van der Waals surface area contributed by atoms with Crippen LogP contribution in [0.4, 0.5) is 10.1 Å². The average molecular weight is 436 g/mol. The molecule has 2 aromatic carbocycles. The Morgan fingerprint density at radius 2 is 1.82 bits per heavy atom. The van der Waals surface area contributed by atoms with Crippen molar-refractivity contribution in [3.8, 4) is 11.5 Å². The highest BCUT2D eigenvalue weighted by atomic mass is 127. The molecule has 0 heterocycles. The first kappa shape index (κ1) is 16.8. The quantitative estimate of drug-likeness (QED) is 0.726. The number of amides is 1. The van der Waals surface area contributed by atoms with E-state index in [1.165, 1.54) is 32.4 Å². The number of nitrogens with one attached hydrogen (secondary N) is 1. The summed E-state index contributed by atoms with van der Waals surface area (Å²) in [5.41, 5.74) is 0.820. The van der Waals surface area contributed by atoms with Crippen LogP contribution < -0.4 is 14.8 Å². The molecule has 0 saturated carbocycles. The molecule has 7 heteroatoms. The summed E-state index contributed by atoms with van der Waals surface area (Å²) < 4.78 is 24.2. The second-order valence-corrected chi connectivity index (χ2v) is 5.84. The van der Waals surface area contributed by atoms with Crippen molar-refractivity contribution in [3.63, 3.8) is 0 Å². The molecular weight excluding hydrogens is 424 g/mol. The van der Waals surface area contributed by atoms with Crippen molar-refractivity contribution in [2.45, 2.75) is 0 Å². The van der Waals surface area contributed by atoms with Crippen molar-refractivity contribution in [2.75, 3.05) is 19.5 Å². The topological polar surface area (TPSA) is 47.6 Å². The van der Waals surface area contributed by atoms with Gasteiger partial charge in [0.1, 0.15) is 5.82 Å². The summed E-state index contributed by atoms with van der Waals surface area (Å²) in [5.74, 6) is 0.0897. The number of hydrogen-bond acceptors (Lipinski definition) is 3. The van der Waals surface area contributed by atoms with E-state index in [1.807, 2.05) is 22.6 Å². The first-order valence-corrected chi connectivity index (χ1v) is 7.60. The van der Waals surface area contributed by atoms with Crippen molar-refractivity contribution < 1.29 is 18.7 Å². The molecule has 0 aliphatic rings. The maximum Gasteiger partial charge on any atom is 0.256 e. The second-order valence-electron chi connectivity index (χ2n) is 4.27. The molecule has 0 saturated heterocycles. The third-order valence-corrected chi connectivity index (χ3v) is 4.08. The summed E-state index contributed by atoms with van der Waals surface area (Å²) in [5, 5.41) is 2.61. The number of carbonyl (C=O) groups is 1. The standard InChI is InChI=1S/C15H12ClFINO3/c1-21-13-6-9(12(18)7-14(13)22-2)15(20)19-8-3-4-11(17)10(16)5-8/h3-7H,1-2H3,(H,19,20). The highest BCUT2D eigenvalue weighted by Crippen LogP contribution is 2.31. The van der Waals surface area contributed by atoms with Gasteiger partial charge in [0.05, 0.1) is 24.8 Å². The van der Waals surface area contributed by atoms with Crippen molar-refractivity contribution in [1.82, 2.24) is 0 Å². The van der Waals surface area contributed by atoms with E-state index in [0.717, 1.165) is 0 Å². The molecule has 1 N–H and O–H groups in total. The number of hydrogen-bond donors (Lipinski definition) is 1. The molecule has 0 aliphatic carbocycles. The Morgan fingerprint density at radius 1 is 1.18 bits per heavy atom. The smallest absolute Gasteiger partial charge is 0.256 e. The van der Waals surface area contributed by atoms with Gasteiger partial charge in [0.25, 0.3) is 5.91 Å². The largest absolute Gasteiger partial charge is 0.493 e. The lowest BCUT2D eigenvalue weighted by molar-refractivity contribution is 0.102. The minimum absolute atomic E-state index is 0.0557. The van der Waals surface area contributed by atoms with Crippen LogP contribution in [-0.2, 0) is 0 Å². The molecule has 0 aliphatic heterocycles. The van der Waals surface area contributed by atoms with E-state index in [0.29, 0.717) is 26.3 Å².